The molecular weight excluding hydrogens is 492 g/mol. The smallest absolute Gasteiger partial charge is 0.306 e. The van der Waals surface area contributed by atoms with Gasteiger partial charge in [-0.3, -0.25) is 9.59 Å². The van der Waals surface area contributed by atoms with Crippen molar-refractivity contribution < 1.29 is 14.3 Å². The van der Waals surface area contributed by atoms with Crippen molar-refractivity contribution in [3.63, 3.8) is 0 Å². The fraction of sp³-hybridized carbons (Fsp3) is 0.946. The normalized spacial score (nSPS) is 35.2. The molecule has 4 saturated carbocycles. The van der Waals surface area contributed by atoms with E-state index in [1.165, 1.54) is 122 Å². The Kier molecular flexibility index (Phi) is 12.5. The first-order chi connectivity index (χ1) is 19.4. The number of carbonyl (C=O) groups excluding carboxylic acids is 2. The maximum atomic E-state index is 12.8. The summed E-state index contributed by atoms with van der Waals surface area (Å²) in [6, 6.07) is 0. The standard InChI is InChI=1S/C37H64O3/c1-4-5-6-7-8-9-10-11-12-13-14-15-16-17-18-19-35(39)40-34-23-22-32-31-21-20-29-28-30(38)24-26-36(29,2)33(31)25-27-37(32,34)3/h29,31-34H,4-28H2,1-3H3/t29-,31?,32?,33?,34+,36-,37-/m0/s1. The van der Waals surface area contributed by atoms with Crippen molar-refractivity contribution in [2.45, 2.75) is 187 Å². The minimum atomic E-state index is 0.0603. The average molecular weight is 557 g/mol. The quantitative estimate of drug-likeness (QED) is 0.132. The molecule has 40 heavy (non-hydrogen) atoms. The van der Waals surface area contributed by atoms with E-state index in [0.29, 0.717) is 29.5 Å². The summed E-state index contributed by atoms with van der Waals surface area (Å²) in [6.07, 6.45) is 31.0. The van der Waals surface area contributed by atoms with Gasteiger partial charge in [-0.05, 0) is 80.5 Å². The number of carbonyl (C=O) groups is 2. The van der Waals surface area contributed by atoms with Crippen LogP contribution in [0.5, 0.6) is 0 Å². The van der Waals surface area contributed by atoms with Crippen LogP contribution in [0.2, 0.25) is 0 Å². The molecule has 0 aromatic carbocycles. The van der Waals surface area contributed by atoms with Crippen LogP contribution >= 0.6 is 0 Å². The predicted molar refractivity (Wildman–Crippen MR) is 166 cm³/mol. The van der Waals surface area contributed by atoms with Gasteiger partial charge in [-0.1, -0.05) is 111 Å². The Labute approximate surface area is 247 Å². The number of esters is 1. The summed E-state index contributed by atoms with van der Waals surface area (Å²) in [4.78, 5) is 25.0. The minimum absolute atomic E-state index is 0.0603. The third-order valence-corrected chi connectivity index (χ3v) is 12.7. The van der Waals surface area contributed by atoms with Crippen molar-refractivity contribution >= 4 is 11.8 Å². The molecule has 3 unspecified atom stereocenters. The lowest BCUT2D eigenvalue weighted by atomic mass is 9.45. The van der Waals surface area contributed by atoms with Crippen molar-refractivity contribution in [1.29, 1.82) is 0 Å². The van der Waals surface area contributed by atoms with Gasteiger partial charge in [0.15, 0.2) is 0 Å². The zero-order chi connectivity index (χ0) is 28.4. The van der Waals surface area contributed by atoms with Crippen LogP contribution < -0.4 is 0 Å². The Morgan fingerprint density at radius 3 is 1.90 bits per heavy atom. The van der Waals surface area contributed by atoms with Crippen LogP contribution in [0.3, 0.4) is 0 Å². The summed E-state index contributed by atoms with van der Waals surface area (Å²) in [6.45, 7) is 7.26. The molecule has 0 bridgehead atoms. The molecule has 0 heterocycles. The number of ether oxygens (including phenoxy) is 1. The number of hydrogen-bond donors (Lipinski definition) is 0. The molecule has 230 valence electrons. The van der Waals surface area contributed by atoms with E-state index >= 15 is 0 Å². The largest absolute Gasteiger partial charge is 0.462 e. The van der Waals surface area contributed by atoms with Gasteiger partial charge in [-0.2, -0.15) is 0 Å². The topological polar surface area (TPSA) is 43.4 Å². The van der Waals surface area contributed by atoms with Gasteiger partial charge in [0.2, 0.25) is 0 Å². The summed E-state index contributed by atoms with van der Waals surface area (Å²) < 4.78 is 6.24. The molecule has 0 aromatic rings. The summed E-state index contributed by atoms with van der Waals surface area (Å²) >= 11 is 0. The minimum Gasteiger partial charge on any atom is -0.462 e. The van der Waals surface area contributed by atoms with Crippen molar-refractivity contribution in [3.8, 4) is 0 Å². The predicted octanol–water partition coefficient (Wildman–Crippen LogP) is 10.8. The summed E-state index contributed by atoms with van der Waals surface area (Å²) in [5, 5.41) is 0. The second kappa shape index (κ2) is 15.6. The molecular formula is C37H64O3. The highest BCUT2D eigenvalue weighted by atomic mass is 16.5. The number of unbranched alkanes of at least 4 members (excludes halogenated alkanes) is 14. The number of Topliss-reactive ketones (excluding diaryl/α,β-unsaturated/α-hetero) is 1. The van der Waals surface area contributed by atoms with Crippen LogP contribution in [0.4, 0.5) is 0 Å². The third-order valence-electron chi connectivity index (χ3n) is 12.7. The van der Waals surface area contributed by atoms with Crippen LogP contribution in [-0.4, -0.2) is 17.9 Å². The number of ketones is 1. The van der Waals surface area contributed by atoms with Crippen LogP contribution in [0, 0.1) is 34.5 Å². The lowest BCUT2D eigenvalue weighted by Gasteiger charge is -2.60. The maximum Gasteiger partial charge on any atom is 0.306 e. The SMILES string of the molecule is CCCCCCCCCCCCCCCCCC(=O)O[C@@H]1CCC2C3CC[C@H]4CC(=O)CC[C@]4(C)C3CC[C@@]21C. The Bertz CT molecular complexity index is 790. The Balaban J connectivity index is 1.06. The van der Waals surface area contributed by atoms with Gasteiger partial charge in [0.25, 0.3) is 0 Å². The van der Waals surface area contributed by atoms with Crippen LogP contribution in [0.15, 0.2) is 0 Å². The molecule has 0 aliphatic heterocycles. The Morgan fingerprint density at radius 2 is 1.27 bits per heavy atom. The molecule has 4 fully saturated rings. The van der Waals surface area contributed by atoms with Crippen LogP contribution in [0.1, 0.15) is 181 Å². The van der Waals surface area contributed by atoms with E-state index in [1.54, 1.807) is 0 Å². The second-order valence-corrected chi connectivity index (χ2v) is 15.2. The highest BCUT2D eigenvalue weighted by Gasteiger charge is 2.61. The average Bonchev–Trinajstić information content (AvgIpc) is 3.27. The van der Waals surface area contributed by atoms with Crippen LogP contribution in [0.25, 0.3) is 0 Å². The zero-order valence-electron chi connectivity index (χ0n) is 26.8. The number of fused-ring (bicyclic) bond motifs is 5. The van der Waals surface area contributed by atoms with Gasteiger partial charge >= 0.3 is 5.97 Å². The van der Waals surface area contributed by atoms with Crippen molar-refractivity contribution in [1.82, 2.24) is 0 Å². The lowest BCUT2D eigenvalue weighted by molar-refractivity contribution is -0.164. The number of rotatable bonds is 17. The van der Waals surface area contributed by atoms with E-state index < -0.39 is 0 Å². The Hall–Kier alpha value is -0.860. The molecule has 3 heteroatoms. The van der Waals surface area contributed by atoms with Gasteiger partial charge in [0.1, 0.15) is 11.9 Å². The molecule has 4 aliphatic rings. The molecule has 3 nitrogen and oxygen atoms in total. The van der Waals surface area contributed by atoms with E-state index in [9.17, 15) is 9.59 Å². The molecule has 4 rings (SSSR count). The lowest BCUT2D eigenvalue weighted by Crippen LogP contribution is -2.54. The van der Waals surface area contributed by atoms with Crippen molar-refractivity contribution in [2.24, 2.45) is 34.5 Å². The molecule has 0 radical (unpaired) electrons. The van der Waals surface area contributed by atoms with Crippen molar-refractivity contribution in [3.05, 3.63) is 0 Å². The molecule has 0 saturated heterocycles. The number of hydrogen-bond acceptors (Lipinski definition) is 3. The summed E-state index contributed by atoms with van der Waals surface area (Å²) in [5.41, 5.74) is 0.528. The maximum absolute atomic E-state index is 12.8. The summed E-state index contributed by atoms with van der Waals surface area (Å²) in [5.74, 6) is 3.42. The van der Waals surface area contributed by atoms with E-state index in [0.717, 1.165) is 43.9 Å². The summed E-state index contributed by atoms with van der Waals surface area (Å²) in [7, 11) is 0. The Morgan fingerprint density at radius 1 is 0.700 bits per heavy atom. The fourth-order valence-corrected chi connectivity index (χ4v) is 10.0. The molecule has 7 atom stereocenters. The first-order valence-electron chi connectivity index (χ1n) is 18.1. The van der Waals surface area contributed by atoms with E-state index in [2.05, 4.69) is 20.8 Å². The zero-order valence-corrected chi connectivity index (χ0v) is 26.8. The van der Waals surface area contributed by atoms with Gasteiger partial charge in [-0.25, -0.2) is 0 Å². The molecule has 0 N–H and O–H groups in total. The highest BCUT2D eigenvalue weighted by molar-refractivity contribution is 5.79. The monoisotopic (exact) mass is 556 g/mol. The van der Waals surface area contributed by atoms with Gasteiger partial charge in [-0.15, -0.1) is 0 Å². The van der Waals surface area contributed by atoms with Crippen LogP contribution in [-0.2, 0) is 14.3 Å². The van der Waals surface area contributed by atoms with Crippen molar-refractivity contribution in [2.75, 3.05) is 0 Å². The first-order valence-corrected chi connectivity index (χ1v) is 18.1. The fourth-order valence-electron chi connectivity index (χ4n) is 10.0. The molecule has 0 spiro atoms. The first kappa shape index (κ1) is 32.1. The molecule has 4 aliphatic carbocycles. The highest BCUT2D eigenvalue weighted by Crippen LogP contribution is 2.66. The van der Waals surface area contributed by atoms with E-state index in [4.69, 9.17) is 4.74 Å². The van der Waals surface area contributed by atoms with E-state index in [1.807, 2.05) is 0 Å². The van der Waals surface area contributed by atoms with Gasteiger partial charge < -0.3 is 4.74 Å². The second-order valence-electron chi connectivity index (χ2n) is 15.2. The third kappa shape index (κ3) is 7.94. The van der Waals surface area contributed by atoms with E-state index in [-0.39, 0.29) is 17.5 Å². The molecule has 0 aromatic heterocycles. The van der Waals surface area contributed by atoms with Gasteiger partial charge in [0, 0.05) is 24.7 Å². The van der Waals surface area contributed by atoms with Gasteiger partial charge in [0.05, 0.1) is 0 Å². The molecule has 0 amide bonds.